The van der Waals surface area contributed by atoms with Gasteiger partial charge in [0.1, 0.15) is 11.3 Å². The van der Waals surface area contributed by atoms with Crippen molar-refractivity contribution in [3.05, 3.63) is 64.5 Å². The third-order valence-corrected chi connectivity index (χ3v) is 4.50. The van der Waals surface area contributed by atoms with Gasteiger partial charge in [-0.1, -0.05) is 0 Å². The third-order valence-electron chi connectivity index (χ3n) is 4.50. The molecule has 1 amide bonds. The number of aromatic nitrogens is 4. The Hall–Kier alpha value is -4.21. The van der Waals surface area contributed by atoms with E-state index in [4.69, 9.17) is 15.2 Å². The molecule has 3 N–H and O–H groups in total. The molecule has 0 spiro atoms. The lowest BCUT2D eigenvalue weighted by molar-refractivity contribution is 0.0997. The van der Waals surface area contributed by atoms with Crippen LogP contribution < -0.4 is 20.9 Å². The van der Waals surface area contributed by atoms with E-state index in [1.165, 1.54) is 43.1 Å². The number of H-pyrrole nitrogens is 1. The van der Waals surface area contributed by atoms with Gasteiger partial charge in [0.05, 0.1) is 19.9 Å². The minimum Gasteiger partial charge on any atom is -0.493 e. The van der Waals surface area contributed by atoms with E-state index in [1.807, 2.05) is 0 Å². The molecular weight excluding hydrogens is 393 g/mol. The van der Waals surface area contributed by atoms with Crippen LogP contribution in [0.25, 0.3) is 28.2 Å². The number of carbonyl (C=O) groups is 1. The van der Waals surface area contributed by atoms with Crippen LogP contribution in [-0.4, -0.2) is 39.6 Å². The fourth-order valence-electron chi connectivity index (χ4n) is 3.10. The Morgan fingerprint density at radius 2 is 1.77 bits per heavy atom. The Balaban J connectivity index is 2.01. The molecule has 152 valence electrons. The summed E-state index contributed by atoms with van der Waals surface area (Å²) < 4.78 is 25.1. The van der Waals surface area contributed by atoms with E-state index in [1.54, 1.807) is 18.2 Å². The van der Waals surface area contributed by atoms with Crippen LogP contribution in [-0.2, 0) is 0 Å². The summed E-state index contributed by atoms with van der Waals surface area (Å²) in [6.07, 6.45) is 0. The number of primary amides is 1. The number of ether oxygens (including phenoxy) is 2. The first-order valence-corrected chi connectivity index (χ1v) is 8.74. The molecule has 0 atom stereocenters. The number of nitrogens with one attached hydrogen (secondary N) is 1. The van der Waals surface area contributed by atoms with Gasteiger partial charge >= 0.3 is 5.69 Å². The fourth-order valence-corrected chi connectivity index (χ4v) is 3.10. The molecular formula is C20H16FN5O4. The number of amides is 1. The summed E-state index contributed by atoms with van der Waals surface area (Å²) in [5.74, 6) is -0.208. The van der Waals surface area contributed by atoms with Gasteiger partial charge in [-0.3, -0.25) is 4.79 Å². The summed E-state index contributed by atoms with van der Waals surface area (Å²) >= 11 is 0. The lowest BCUT2D eigenvalue weighted by atomic mass is 10.1. The van der Waals surface area contributed by atoms with Crippen LogP contribution in [0.5, 0.6) is 11.5 Å². The van der Waals surface area contributed by atoms with E-state index in [0.717, 1.165) is 0 Å². The summed E-state index contributed by atoms with van der Waals surface area (Å²) in [6, 6.07) is 10.3. The monoisotopic (exact) mass is 409 g/mol. The van der Waals surface area contributed by atoms with Gasteiger partial charge in [-0.2, -0.15) is 0 Å². The summed E-state index contributed by atoms with van der Waals surface area (Å²) in [6.45, 7) is 0. The van der Waals surface area contributed by atoms with Crippen LogP contribution >= 0.6 is 0 Å². The second-order valence-corrected chi connectivity index (χ2v) is 6.27. The number of benzene rings is 2. The number of methoxy groups -OCH3 is 2. The van der Waals surface area contributed by atoms with Crippen LogP contribution in [0, 0.1) is 5.82 Å². The Morgan fingerprint density at radius 3 is 2.40 bits per heavy atom. The highest BCUT2D eigenvalue weighted by Gasteiger charge is 2.21. The molecule has 4 rings (SSSR count). The van der Waals surface area contributed by atoms with Crippen LogP contribution in [0.4, 0.5) is 4.39 Å². The van der Waals surface area contributed by atoms with E-state index >= 15 is 0 Å². The number of fused-ring (bicyclic) bond motifs is 1. The summed E-state index contributed by atoms with van der Waals surface area (Å²) in [4.78, 5) is 35.9. The van der Waals surface area contributed by atoms with Crippen LogP contribution in [0.2, 0.25) is 0 Å². The fraction of sp³-hybridized carbons (Fsp3) is 0.100. The molecule has 0 fully saturated rings. The molecule has 0 unspecified atom stereocenters. The molecule has 9 nitrogen and oxygen atoms in total. The number of halogens is 1. The van der Waals surface area contributed by atoms with E-state index in [0.29, 0.717) is 22.7 Å². The highest BCUT2D eigenvalue weighted by Crippen LogP contribution is 2.32. The predicted molar refractivity (Wildman–Crippen MR) is 107 cm³/mol. The molecule has 0 saturated heterocycles. The van der Waals surface area contributed by atoms with Crippen LogP contribution in [0.1, 0.15) is 10.5 Å². The molecule has 2 aromatic heterocycles. The maximum atomic E-state index is 13.3. The summed E-state index contributed by atoms with van der Waals surface area (Å²) in [5.41, 5.74) is 5.85. The standard InChI is InChI=1S/C20H16FN5O4/c1-29-13-8-3-10(9-14(13)30-2)18-23-15(17(22)27)16-19(25-18)26(20(28)24-16)12-6-4-11(21)5-7-12/h3-9H,1-2H3,(H2,22,27)(H,24,28). The van der Waals surface area contributed by atoms with Crippen molar-refractivity contribution >= 4 is 17.1 Å². The second-order valence-electron chi connectivity index (χ2n) is 6.27. The molecule has 30 heavy (non-hydrogen) atoms. The molecule has 0 bridgehead atoms. The van der Waals surface area contributed by atoms with Gasteiger partial charge in [-0.25, -0.2) is 23.7 Å². The number of aromatic amines is 1. The molecule has 0 aliphatic carbocycles. The molecule has 10 heteroatoms. The molecule has 0 aliphatic rings. The zero-order chi connectivity index (χ0) is 21.4. The first kappa shape index (κ1) is 19.1. The highest BCUT2D eigenvalue weighted by molar-refractivity contribution is 6.02. The number of imidazole rings is 1. The quantitative estimate of drug-likeness (QED) is 0.520. The molecule has 0 aliphatic heterocycles. The van der Waals surface area contributed by atoms with Crippen LogP contribution in [0.15, 0.2) is 47.3 Å². The van der Waals surface area contributed by atoms with E-state index in [-0.39, 0.29) is 22.7 Å². The number of nitrogens with two attached hydrogens (primary N) is 1. The number of carbonyl (C=O) groups excluding carboxylic acids is 1. The van der Waals surface area contributed by atoms with Crippen molar-refractivity contribution in [3.63, 3.8) is 0 Å². The predicted octanol–water partition coefficient (Wildman–Crippen LogP) is 2.03. The van der Waals surface area contributed by atoms with Crippen molar-refractivity contribution in [2.24, 2.45) is 5.73 Å². The van der Waals surface area contributed by atoms with E-state index < -0.39 is 17.4 Å². The Bertz CT molecular complexity index is 1330. The van der Waals surface area contributed by atoms with Crippen molar-refractivity contribution < 1.29 is 18.7 Å². The molecule has 0 radical (unpaired) electrons. The van der Waals surface area contributed by atoms with Crippen LogP contribution in [0.3, 0.4) is 0 Å². The van der Waals surface area contributed by atoms with Crippen molar-refractivity contribution in [2.75, 3.05) is 14.2 Å². The Morgan fingerprint density at radius 1 is 1.07 bits per heavy atom. The highest BCUT2D eigenvalue weighted by atomic mass is 19.1. The van der Waals surface area contributed by atoms with Gasteiger partial charge in [0.2, 0.25) is 0 Å². The van der Waals surface area contributed by atoms with Crippen molar-refractivity contribution in [3.8, 4) is 28.6 Å². The second kappa shape index (κ2) is 7.32. The summed E-state index contributed by atoms with van der Waals surface area (Å²) in [5, 5.41) is 0. The summed E-state index contributed by atoms with van der Waals surface area (Å²) in [7, 11) is 2.99. The number of hydrogen-bond acceptors (Lipinski definition) is 6. The molecule has 0 saturated carbocycles. The van der Waals surface area contributed by atoms with E-state index in [9.17, 15) is 14.0 Å². The number of nitrogens with zero attached hydrogens (tertiary/aromatic N) is 3. The first-order chi connectivity index (χ1) is 14.4. The topological polar surface area (TPSA) is 125 Å². The number of rotatable bonds is 5. The van der Waals surface area contributed by atoms with Crippen molar-refractivity contribution in [1.29, 1.82) is 0 Å². The lowest BCUT2D eigenvalue weighted by Gasteiger charge is -2.10. The average Bonchev–Trinajstić information content (AvgIpc) is 3.08. The van der Waals surface area contributed by atoms with Gasteiger partial charge in [0.25, 0.3) is 5.91 Å². The van der Waals surface area contributed by atoms with Gasteiger partial charge in [0, 0.05) is 5.56 Å². The smallest absolute Gasteiger partial charge is 0.332 e. The zero-order valence-corrected chi connectivity index (χ0v) is 16.0. The van der Waals surface area contributed by atoms with Gasteiger partial charge in [-0.05, 0) is 42.5 Å². The van der Waals surface area contributed by atoms with E-state index in [2.05, 4.69) is 15.0 Å². The zero-order valence-electron chi connectivity index (χ0n) is 16.0. The maximum Gasteiger partial charge on any atom is 0.332 e. The normalized spacial score (nSPS) is 10.9. The van der Waals surface area contributed by atoms with Crippen molar-refractivity contribution in [2.45, 2.75) is 0 Å². The largest absolute Gasteiger partial charge is 0.493 e. The molecule has 4 aromatic rings. The lowest BCUT2D eigenvalue weighted by Crippen LogP contribution is -2.15. The first-order valence-electron chi connectivity index (χ1n) is 8.74. The molecule has 2 heterocycles. The Kier molecular flexibility index (Phi) is 4.66. The Labute approximate surface area is 168 Å². The minimum atomic E-state index is -0.836. The number of hydrogen-bond donors (Lipinski definition) is 2. The SMILES string of the molecule is COc1ccc(-c2nc(C(N)=O)c3[nH]c(=O)n(-c4ccc(F)cc4)c3n2)cc1OC. The van der Waals surface area contributed by atoms with Gasteiger partial charge in [0.15, 0.2) is 28.7 Å². The molecule has 2 aromatic carbocycles. The third kappa shape index (κ3) is 3.13. The average molecular weight is 409 g/mol. The van der Waals surface area contributed by atoms with Gasteiger partial charge < -0.3 is 20.2 Å². The van der Waals surface area contributed by atoms with Gasteiger partial charge in [-0.15, -0.1) is 0 Å². The van der Waals surface area contributed by atoms with Crippen molar-refractivity contribution in [1.82, 2.24) is 19.5 Å². The maximum absolute atomic E-state index is 13.3. The minimum absolute atomic E-state index is 0.0843.